The van der Waals surface area contributed by atoms with E-state index in [1.54, 1.807) is 12.1 Å². The van der Waals surface area contributed by atoms with E-state index in [9.17, 15) is 14.7 Å². The lowest BCUT2D eigenvalue weighted by Crippen LogP contribution is -2.45. The molecule has 0 spiro atoms. The van der Waals surface area contributed by atoms with Gasteiger partial charge in [0.1, 0.15) is 0 Å². The summed E-state index contributed by atoms with van der Waals surface area (Å²) in [5, 5.41) is 15.7. The molecule has 3 N–H and O–H groups in total. The second kappa shape index (κ2) is 5.85. The molecule has 2 atom stereocenters. The molecule has 1 aliphatic heterocycles. The Morgan fingerprint density at radius 2 is 2.05 bits per heavy atom. The maximum absolute atomic E-state index is 12.3. The summed E-state index contributed by atoms with van der Waals surface area (Å²) in [5.74, 6) is -0.134. The zero-order chi connectivity index (χ0) is 14.8. The SMILES string of the molecule is O=C1CCc2cc(C(=O)NC3CCCCC3O)ccc2N1. The number of hydrogen-bond acceptors (Lipinski definition) is 3. The minimum absolute atomic E-state index is 0.0185. The zero-order valence-corrected chi connectivity index (χ0v) is 11.9. The Hall–Kier alpha value is -1.88. The number of carbonyl (C=O) groups excluding carboxylic acids is 2. The lowest BCUT2D eigenvalue weighted by Gasteiger charge is -2.28. The number of carbonyl (C=O) groups is 2. The molecule has 1 heterocycles. The summed E-state index contributed by atoms with van der Waals surface area (Å²) >= 11 is 0. The van der Waals surface area contributed by atoms with Gasteiger partial charge in [0.15, 0.2) is 0 Å². The number of anilines is 1. The fourth-order valence-corrected chi connectivity index (χ4v) is 3.06. The number of fused-ring (bicyclic) bond motifs is 1. The van der Waals surface area contributed by atoms with Gasteiger partial charge in [0.25, 0.3) is 5.91 Å². The van der Waals surface area contributed by atoms with Crippen LogP contribution >= 0.6 is 0 Å². The van der Waals surface area contributed by atoms with Gasteiger partial charge < -0.3 is 15.7 Å². The molecule has 2 aliphatic rings. The van der Waals surface area contributed by atoms with Crippen LogP contribution in [0.5, 0.6) is 0 Å². The van der Waals surface area contributed by atoms with Gasteiger partial charge in [-0.15, -0.1) is 0 Å². The van der Waals surface area contributed by atoms with Gasteiger partial charge in [-0.3, -0.25) is 9.59 Å². The van der Waals surface area contributed by atoms with Crippen LogP contribution in [-0.4, -0.2) is 29.1 Å². The van der Waals surface area contributed by atoms with Crippen molar-refractivity contribution in [3.05, 3.63) is 29.3 Å². The molecule has 112 valence electrons. The molecule has 1 aromatic carbocycles. The highest BCUT2D eigenvalue weighted by Gasteiger charge is 2.25. The van der Waals surface area contributed by atoms with Crippen LogP contribution in [0, 0.1) is 0 Å². The summed E-state index contributed by atoms with van der Waals surface area (Å²) in [6.45, 7) is 0. The fraction of sp³-hybridized carbons (Fsp3) is 0.500. The zero-order valence-electron chi connectivity index (χ0n) is 11.9. The smallest absolute Gasteiger partial charge is 0.251 e. The largest absolute Gasteiger partial charge is 0.391 e. The molecule has 1 fully saturated rings. The topological polar surface area (TPSA) is 78.4 Å². The van der Waals surface area contributed by atoms with Gasteiger partial charge in [0.05, 0.1) is 12.1 Å². The normalized spacial score (nSPS) is 24.9. The Bertz CT molecular complexity index is 571. The highest BCUT2D eigenvalue weighted by Crippen LogP contribution is 2.24. The van der Waals surface area contributed by atoms with Crippen molar-refractivity contribution in [3.8, 4) is 0 Å². The van der Waals surface area contributed by atoms with Gasteiger partial charge in [-0.25, -0.2) is 0 Å². The standard InChI is InChI=1S/C16H20N2O3/c19-14-4-2-1-3-13(14)18-16(21)11-5-7-12-10(9-11)6-8-15(20)17-12/h5,7,9,13-14,19H,1-4,6,8H2,(H,17,20)(H,18,21). The molecule has 2 amide bonds. The van der Waals surface area contributed by atoms with Gasteiger partial charge in [-0.05, 0) is 43.0 Å². The average Bonchev–Trinajstić information content (AvgIpc) is 2.49. The molecular weight excluding hydrogens is 268 g/mol. The van der Waals surface area contributed by atoms with E-state index in [2.05, 4.69) is 10.6 Å². The van der Waals surface area contributed by atoms with Crippen LogP contribution in [0.1, 0.15) is 48.0 Å². The number of nitrogens with one attached hydrogen (secondary N) is 2. The number of aliphatic hydroxyl groups is 1. The van der Waals surface area contributed by atoms with E-state index in [1.807, 2.05) is 6.07 Å². The predicted octanol–water partition coefficient (Wildman–Crippen LogP) is 1.60. The highest BCUT2D eigenvalue weighted by molar-refractivity contribution is 5.98. The van der Waals surface area contributed by atoms with Crippen molar-refractivity contribution in [3.63, 3.8) is 0 Å². The lowest BCUT2D eigenvalue weighted by molar-refractivity contribution is -0.116. The molecule has 3 rings (SSSR count). The van der Waals surface area contributed by atoms with E-state index in [1.165, 1.54) is 0 Å². The molecule has 1 aliphatic carbocycles. The van der Waals surface area contributed by atoms with Crippen molar-refractivity contribution in [2.45, 2.75) is 50.7 Å². The number of benzene rings is 1. The van der Waals surface area contributed by atoms with Crippen LogP contribution in [0.3, 0.4) is 0 Å². The minimum Gasteiger partial charge on any atom is -0.391 e. The summed E-state index contributed by atoms with van der Waals surface area (Å²) in [5.41, 5.74) is 2.37. The molecule has 1 saturated carbocycles. The third kappa shape index (κ3) is 3.08. The van der Waals surface area contributed by atoms with Crippen molar-refractivity contribution in [1.29, 1.82) is 0 Å². The van der Waals surface area contributed by atoms with Crippen LogP contribution in [0.4, 0.5) is 5.69 Å². The Kier molecular flexibility index (Phi) is 3.92. The third-order valence-corrected chi connectivity index (χ3v) is 4.31. The predicted molar refractivity (Wildman–Crippen MR) is 79.1 cm³/mol. The number of hydrogen-bond donors (Lipinski definition) is 3. The molecule has 5 heteroatoms. The van der Waals surface area contributed by atoms with Crippen molar-refractivity contribution >= 4 is 17.5 Å². The average molecular weight is 288 g/mol. The molecule has 21 heavy (non-hydrogen) atoms. The molecule has 0 aromatic heterocycles. The van der Waals surface area contributed by atoms with Crippen LogP contribution in [0.25, 0.3) is 0 Å². The van der Waals surface area contributed by atoms with E-state index in [-0.39, 0.29) is 17.9 Å². The molecule has 5 nitrogen and oxygen atoms in total. The molecular formula is C16H20N2O3. The second-order valence-corrected chi connectivity index (χ2v) is 5.85. The van der Waals surface area contributed by atoms with Gasteiger partial charge in [-0.1, -0.05) is 12.8 Å². The van der Waals surface area contributed by atoms with E-state index in [0.29, 0.717) is 18.4 Å². The van der Waals surface area contributed by atoms with Gasteiger partial charge in [0.2, 0.25) is 5.91 Å². The highest BCUT2D eigenvalue weighted by atomic mass is 16.3. The summed E-state index contributed by atoms with van der Waals surface area (Å²) in [7, 11) is 0. The second-order valence-electron chi connectivity index (χ2n) is 5.85. The number of aryl methyl sites for hydroxylation is 1. The molecule has 0 bridgehead atoms. The summed E-state index contributed by atoms with van der Waals surface area (Å²) in [4.78, 5) is 23.6. The van der Waals surface area contributed by atoms with E-state index in [0.717, 1.165) is 36.9 Å². The van der Waals surface area contributed by atoms with Gasteiger partial charge in [0, 0.05) is 17.7 Å². The molecule has 0 saturated heterocycles. The Morgan fingerprint density at radius 3 is 2.86 bits per heavy atom. The van der Waals surface area contributed by atoms with Crippen LogP contribution < -0.4 is 10.6 Å². The number of aliphatic hydroxyl groups excluding tert-OH is 1. The lowest BCUT2D eigenvalue weighted by atomic mass is 9.92. The molecule has 1 aromatic rings. The number of amides is 2. The van der Waals surface area contributed by atoms with Gasteiger partial charge >= 0.3 is 0 Å². The Balaban J connectivity index is 1.71. The quantitative estimate of drug-likeness (QED) is 0.773. The molecule has 2 unspecified atom stereocenters. The van der Waals surface area contributed by atoms with Crippen molar-refractivity contribution in [2.75, 3.05) is 5.32 Å². The Morgan fingerprint density at radius 1 is 1.24 bits per heavy atom. The fourth-order valence-electron chi connectivity index (χ4n) is 3.06. The van der Waals surface area contributed by atoms with E-state index < -0.39 is 6.10 Å². The first-order valence-corrected chi connectivity index (χ1v) is 7.55. The van der Waals surface area contributed by atoms with Crippen molar-refractivity contribution in [2.24, 2.45) is 0 Å². The Labute approximate surface area is 123 Å². The maximum atomic E-state index is 12.3. The van der Waals surface area contributed by atoms with E-state index in [4.69, 9.17) is 0 Å². The number of rotatable bonds is 2. The first kappa shape index (κ1) is 14.1. The molecule has 0 radical (unpaired) electrons. The minimum atomic E-state index is -0.445. The summed E-state index contributed by atoms with van der Waals surface area (Å²) < 4.78 is 0. The van der Waals surface area contributed by atoms with Crippen LogP contribution in [0.15, 0.2) is 18.2 Å². The summed E-state index contributed by atoms with van der Waals surface area (Å²) in [6, 6.07) is 5.18. The van der Waals surface area contributed by atoms with Crippen molar-refractivity contribution < 1.29 is 14.7 Å². The van der Waals surface area contributed by atoms with Crippen LogP contribution in [0.2, 0.25) is 0 Å². The maximum Gasteiger partial charge on any atom is 0.251 e. The monoisotopic (exact) mass is 288 g/mol. The van der Waals surface area contributed by atoms with Gasteiger partial charge in [-0.2, -0.15) is 0 Å². The van der Waals surface area contributed by atoms with Crippen molar-refractivity contribution in [1.82, 2.24) is 5.32 Å². The van der Waals surface area contributed by atoms with E-state index >= 15 is 0 Å². The third-order valence-electron chi connectivity index (χ3n) is 4.31. The first-order valence-electron chi connectivity index (χ1n) is 7.55. The van der Waals surface area contributed by atoms with Crippen LogP contribution in [-0.2, 0) is 11.2 Å². The first-order chi connectivity index (χ1) is 10.1. The summed E-state index contributed by atoms with van der Waals surface area (Å²) in [6.07, 6.45) is 4.31.